The van der Waals surface area contributed by atoms with Gasteiger partial charge in [0.05, 0.1) is 6.04 Å². The summed E-state index contributed by atoms with van der Waals surface area (Å²) in [5.41, 5.74) is 1.19. The molecule has 1 saturated heterocycles. The van der Waals surface area contributed by atoms with Gasteiger partial charge in [-0.2, -0.15) is 0 Å². The van der Waals surface area contributed by atoms with Crippen LogP contribution < -0.4 is 5.32 Å². The molecule has 3 fully saturated rings. The number of aromatic nitrogens is 1. The molecule has 0 spiro atoms. The second-order valence-electron chi connectivity index (χ2n) is 6.79. The van der Waals surface area contributed by atoms with Crippen LogP contribution >= 0.6 is 0 Å². The lowest BCUT2D eigenvalue weighted by atomic mass is 9.93. The van der Waals surface area contributed by atoms with Crippen LogP contribution in [0.1, 0.15) is 37.7 Å². The highest BCUT2D eigenvalue weighted by molar-refractivity contribution is 5.83. The molecule has 21 heavy (non-hydrogen) atoms. The maximum Gasteiger partial charge on any atom is 0.240 e. The smallest absolute Gasteiger partial charge is 0.240 e. The Morgan fingerprint density at radius 3 is 2.81 bits per heavy atom. The molecule has 0 bridgehead atoms. The first-order chi connectivity index (χ1) is 10.3. The Kier molecular flexibility index (Phi) is 3.42. The lowest BCUT2D eigenvalue weighted by molar-refractivity contribution is -0.135. The summed E-state index contributed by atoms with van der Waals surface area (Å²) < 4.78 is 0. The van der Waals surface area contributed by atoms with Crippen LogP contribution in [0.5, 0.6) is 0 Å². The third-order valence-electron chi connectivity index (χ3n) is 5.39. The monoisotopic (exact) mass is 285 g/mol. The number of rotatable bonds is 4. The third-order valence-corrected chi connectivity index (χ3v) is 5.39. The van der Waals surface area contributed by atoms with Crippen LogP contribution in [-0.4, -0.2) is 34.4 Å². The Morgan fingerprint density at radius 2 is 2.05 bits per heavy atom. The number of carbonyl (C=O) groups excluding carboxylic acids is 1. The summed E-state index contributed by atoms with van der Waals surface area (Å²) >= 11 is 0. The molecule has 1 N–H and O–H groups in total. The molecule has 1 aromatic rings. The Bertz CT molecular complexity index is 514. The highest BCUT2D eigenvalue weighted by atomic mass is 16.2. The molecule has 4 heteroatoms. The summed E-state index contributed by atoms with van der Waals surface area (Å²) in [5.74, 6) is 1.65. The number of fused-ring (bicyclic) bond motifs is 1. The number of hydrogen-bond acceptors (Lipinski definition) is 3. The molecule has 1 aliphatic heterocycles. The lowest BCUT2D eigenvalue weighted by Gasteiger charge is -2.28. The molecular formula is C17H23N3O. The van der Waals surface area contributed by atoms with E-state index in [1.54, 1.807) is 0 Å². The van der Waals surface area contributed by atoms with Crippen molar-refractivity contribution in [2.45, 2.75) is 50.7 Å². The second kappa shape index (κ2) is 5.41. The van der Waals surface area contributed by atoms with Crippen molar-refractivity contribution in [2.24, 2.45) is 11.8 Å². The first-order valence-electron chi connectivity index (χ1n) is 8.25. The van der Waals surface area contributed by atoms with E-state index < -0.39 is 0 Å². The molecule has 0 aromatic carbocycles. The van der Waals surface area contributed by atoms with Gasteiger partial charge in [-0.05, 0) is 61.8 Å². The van der Waals surface area contributed by atoms with Crippen LogP contribution in [0.15, 0.2) is 24.5 Å². The minimum atomic E-state index is 0.0694. The molecule has 4 rings (SSSR count). The van der Waals surface area contributed by atoms with Crippen LogP contribution in [0.4, 0.5) is 0 Å². The Hall–Kier alpha value is -1.42. The van der Waals surface area contributed by atoms with Crippen molar-refractivity contribution in [3.63, 3.8) is 0 Å². The van der Waals surface area contributed by atoms with E-state index in [4.69, 9.17) is 0 Å². The summed E-state index contributed by atoms with van der Waals surface area (Å²) in [6, 6.07) is 4.57. The maximum atomic E-state index is 13.0. The normalized spacial score (nSPS) is 31.1. The van der Waals surface area contributed by atoms with E-state index in [1.165, 1.54) is 24.8 Å². The minimum absolute atomic E-state index is 0.0694. The number of hydrogen-bond donors (Lipinski definition) is 1. The van der Waals surface area contributed by atoms with E-state index in [-0.39, 0.29) is 6.04 Å². The van der Waals surface area contributed by atoms with Crippen molar-refractivity contribution >= 4 is 5.91 Å². The molecule has 1 aromatic heterocycles. The molecule has 4 nitrogen and oxygen atoms in total. The quantitative estimate of drug-likeness (QED) is 0.920. The van der Waals surface area contributed by atoms with Gasteiger partial charge in [-0.3, -0.25) is 9.78 Å². The summed E-state index contributed by atoms with van der Waals surface area (Å²) in [6.45, 7) is 1.77. The van der Waals surface area contributed by atoms with Crippen LogP contribution in [0.3, 0.4) is 0 Å². The highest BCUT2D eigenvalue weighted by Gasteiger charge is 2.45. The SMILES string of the molecule is O=C(C1NCC2CCCC21)N(Cc1ccncc1)C1CC1. The topological polar surface area (TPSA) is 45.2 Å². The molecule has 3 aliphatic rings. The summed E-state index contributed by atoms with van der Waals surface area (Å²) in [5, 5.41) is 3.50. The first-order valence-corrected chi connectivity index (χ1v) is 8.25. The molecule has 112 valence electrons. The van der Waals surface area contributed by atoms with Gasteiger partial charge < -0.3 is 10.2 Å². The average Bonchev–Trinajstić information content (AvgIpc) is 3.10. The van der Waals surface area contributed by atoms with E-state index in [0.29, 0.717) is 17.9 Å². The molecule has 2 saturated carbocycles. The van der Waals surface area contributed by atoms with Crippen LogP contribution in [0.25, 0.3) is 0 Å². The molecule has 0 radical (unpaired) electrons. The van der Waals surface area contributed by atoms with E-state index in [2.05, 4.69) is 15.2 Å². The van der Waals surface area contributed by atoms with Crippen molar-refractivity contribution < 1.29 is 4.79 Å². The van der Waals surface area contributed by atoms with Crippen LogP contribution in [-0.2, 0) is 11.3 Å². The summed E-state index contributed by atoms with van der Waals surface area (Å²) in [6.07, 6.45) is 9.78. The fraction of sp³-hybridized carbons (Fsp3) is 0.647. The molecular weight excluding hydrogens is 262 g/mol. The van der Waals surface area contributed by atoms with E-state index >= 15 is 0 Å². The van der Waals surface area contributed by atoms with Gasteiger partial charge in [0.2, 0.25) is 5.91 Å². The molecule has 3 unspecified atom stereocenters. The zero-order valence-electron chi connectivity index (χ0n) is 12.4. The predicted octanol–water partition coefficient (Wildman–Crippen LogP) is 1.96. The van der Waals surface area contributed by atoms with Gasteiger partial charge in [-0.1, -0.05) is 6.42 Å². The standard InChI is InChI=1S/C17H23N3O/c21-17(16-15-3-1-2-13(15)10-19-16)20(14-4-5-14)11-12-6-8-18-9-7-12/h6-9,13-16,19H,1-5,10-11H2. The number of nitrogens with one attached hydrogen (secondary N) is 1. The summed E-state index contributed by atoms with van der Waals surface area (Å²) in [4.78, 5) is 19.2. The number of nitrogens with zero attached hydrogens (tertiary/aromatic N) is 2. The van der Waals surface area contributed by atoms with Gasteiger partial charge in [-0.15, -0.1) is 0 Å². The molecule has 2 heterocycles. The average molecular weight is 285 g/mol. The van der Waals surface area contributed by atoms with Crippen molar-refractivity contribution in [3.05, 3.63) is 30.1 Å². The minimum Gasteiger partial charge on any atom is -0.334 e. The predicted molar refractivity (Wildman–Crippen MR) is 80.4 cm³/mol. The summed E-state index contributed by atoms with van der Waals surface area (Å²) in [7, 11) is 0. The number of carbonyl (C=O) groups is 1. The van der Waals surface area contributed by atoms with Crippen LogP contribution in [0, 0.1) is 11.8 Å². The highest BCUT2D eigenvalue weighted by Crippen LogP contribution is 2.39. The first kappa shape index (κ1) is 13.3. The maximum absolute atomic E-state index is 13.0. The molecule has 2 aliphatic carbocycles. The van der Waals surface area contributed by atoms with Crippen LogP contribution in [0.2, 0.25) is 0 Å². The van der Waals surface area contributed by atoms with Crippen molar-refractivity contribution in [1.29, 1.82) is 0 Å². The Labute approximate surface area is 125 Å². The third kappa shape index (κ3) is 2.57. The van der Waals surface area contributed by atoms with Gasteiger partial charge >= 0.3 is 0 Å². The van der Waals surface area contributed by atoms with Crippen molar-refractivity contribution in [3.8, 4) is 0 Å². The Balaban J connectivity index is 1.50. The lowest BCUT2D eigenvalue weighted by Crippen LogP contribution is -2.47. The molecule has 3 atom stereocenters. The van der Waals surface area contributed by atoms with Gasteiger partial charge in [0, 0.05) is 25.0 Å². The van der Waals surface area contributed by atoms with Gasteiger partial charge in [-0.25, -0.2) is 0 Å². The van der Waals surface area contributed by atoms with Gasteiger partial charge in [0.25, 0.3) is 0 Å². The zero-order chi connectivity index (χ0) is 14.2. The van der Waals surface area contributed by atoms with E-state index in [1.807, 2.05) is 24.5 Å². The Morgan fingerprint density at radius 1 is 1.24 bits per heavy atom. The van der Waals surface area contributed by atoms with Crippen molar-refractivity contribution in [1.82, 2.24) is 15.2 Å². The number of amides is 1. The van der Waals surface area contributed by atoms with Gasteiger partial charge in [0.15, 0.2) is 0 Å². The fourth-order valence-corrected chi connectivity index (χ4v) is 4.09. The van der Waals surface area contributed by atoms with Gasteiger partial charge in [0.1, 0.15) is 0 Å². The largest absolute Gasteiger partial charge is 0.334 e. The molecule has 1 amide bonds. The fourth-order valence-electron chi connectivity index (χ4n) is 4.09. The second-order valence-corrected chi connectivity index (χ2v) is 6.79. The van der Waals surface area contributed by atoms with E-state index in [9.17, 15) is 4.79 Å². The van der Waals surface area contributed by atoms with Crippen molar-refractivity contribution in [2.75, 3.05) is 6.54 Å². The number of pyridine rings is 1. The zero-order valence-corrected chi connectivity index (χ0v) is 12.4. The van der Waals surface area contributed by atoms with E-state index in [0.717, 1.165) is 31.8 Å².